The van der Waals surface area contributed by atoms with Gasteiger partial charge in [-0.3, -0.25) is 9.98 Å². The van der Waals surface area contributed by atoms with E-state index in [1.807, 2.05) is 19.1 Å². The second kappa shape index (κ2) is 10.2. The first-order valence-corrected chi connectivity index (χ1v) is 13.6. The Balaban J connectivity index is 1.35. The van der Waals surface area contributed by atoms with Crippen LogP contribution in [-0.4, -0.2) is 22.9 Å². The second-order valence-corrected chi connectivity index (χ2v) is 9.96. The lowest BCUT2D eigenvalue weighted by molar-refractivity contribution is 1.37. The largest absolute Gasteiger partial charge is 0.262 e. The van der Waals surface area contributed by atoms with Crippen LogP contribution < -0.4 is 0 Å². The van der Waals surface area contributed by atoms with Gasteiger partial charge in [0.05, 0.1) is 33.8 Å². The summed E-state index contributed by atoms with van der Waals surface area (Å²) in [6, 6.07) is 42.0. The van der Waals surface area contributed by atoms with Crippen LogP contribution in [0.15, 0.2) is 131 Å². The third-order valence-electron chi connectivity index (χ3n) is 7.49. The minimum Gasteiger partial charge on any atom is -0.262 e. The topological polar surface area (TPSA) is 50.5 Å². The van der Waals surface area contributed by atoms with E-state index in [-0.39, 0.29) is 0 Å². The Kier molecular flexibility index (Phi) is 6.14. The highest BCUT2D eigenvalue weighted by atomic mass is 14.8. The van der Waals surface area contributed by atoms with Crippen molar-refractivity contribution in [2.75, 3.05) is 0 Å². The van der Waals surface area contributed by atoms with E-state index >= 15 is 0 Å². The Morgan fingerprint density at radius 1 is 0.561 bits per heavy atom. The standard InChI is InChI=1S/C37H26N4/c1-3-39-35-23-28(18-21-34(35)38-2)27-10-6-11-29(22-27)32-19-16-25-14-15-26-17-20-33(41-37(26)36(25)40-32)31-13-7-9-24-8-4-5-12-30(24)31/h3-23H,2H2,1H3/b39-3-. The van der Waals surface area contributed by atoms with Crippen molar-refractivity contribution in [3.8, 4) is 33.6 Å². The van der Waals surface area contributed by atoms with Gasteiger partial charge in [0.15, 0.2) is 0 Å². The van der Waals surface area contributed by atoms with E-state index < -0.39 is 0 Å². The molecule has 0 spiro atoms. The van der Waals surface area contributed by atoms with Crippen molar-refractivity contribution < 1.29 is 0 Å². The molecule has 41 heavy (non-hydrogen) atoms. The highest BCUT2D eigenvalue weighted by Gasteiger charge is 2.11. The molecule has 0 saturated carbocycles. The highest BCUT2D eigenvalue weighted by Crippen LogP contribution is 2.35. The SMILES string of the molecule is C=Nc1ccc(-c2cccc(-c3ccc4ccc5ccc(-c6cccc7ccccc67)nc5c4n3)c2)cc1/N=C\C. The van der Waals surface area contributed by atoms with E-state index in [9.17, 15) is 0 Å². The molecule has 4 heteroatoms. The van der Waals surface area contributed by atoms with Gasteiger partial charge in [0.25, 0.3) is 0 Å². The molecule has 0 aliphatic carbocycles. The summed E-state index contributed by atoms with van der Waals surface area (Å²) in [4.78, 5) is 18.9. The molecule has 0 unspecified atom stereocenters. The average molecular weight is 527 g/mol. The first kappa shape index (κ1) is 24.6. The Hall–Kier alpha value is -5.48. The van der Waals surface area contributed by atoms with Crippen molar-refractivity contribution >= 4 is 56.9 Å². The van der Waals surface area contributed by atoms with Gasteiger partial charge in [0, 0.05) is 28.1 Å². The smallest absolute Gasteiger partial charge is 0.0972 e. The van der Waals surface area contributed by atoms with Crippen LogP contribution in [0.3, 0.4) is 0 Å². The lowest BCUT2D eigenvalue weighted by atomic mass is 9.99. The predicted octanol–water partition coefficient (Wildman–Crippen LogP) is 9.99. The van der Waals surface area contributed by atoms with E-state index in [1.165, 1.54) is 10.8 Å². The summed E-state index contributed by atoms with van der Waals surface area (Å²) in [6.45, 7) is 5.57. The average Bonchev–Trinajstić information content (AvgIpc) is 3.04. The molecule has 0 saturated heterocycles. The van der Waals surface area contributed by atoms with Crippen molar-refractivity contribution in [1.82, 2.24) is 9.97 Å². The lowest BCUT2D eigenvalue weighted by Crippen LogP contribution is -1.92. The first-order chi connectivity index (χ1) is 20.2. The molecule has 0 bridgehead atoms. The zero-order valence-corrected chi connectivity index (χ0v) is 22.6. The van der Waals surface area contributed by atoms with Crippen molar-refractivity contribution in [3.63, 3.8) is 0 Å². The zero-order valence-electron chi connectivity index (χ0n) is 22.6. The molecule has 7 rings (SSSR count). The second-order valence-electron chi connectivity index (χ2n) is 9.96. The molecule has 4 nitrogen and oxygen atoms in total. The fourth-order valence-corrected chi connectivity index (χ4v) is 5.46. The fraction of sp³-hybridized carbons (Fsp3) is 0.0270. The molecule has 0 aliphatic rings. The molecule has 5 aromatic carbocycles. The van der Waals surface area contributed by atoms with Crippen molar-refractivity contribution in [3.05, 3.63) is 121 Å². The summed E-state index contributed by atoms with van der Waals surface area (Å²) >= 11 is 0. The Morgan fingerprint density at radius 2 is 1.22 bits per heavy atom. The van der Waals surface area contributed by atoms with Crippen LogP contribution in [0.4, 0.5) is 11.4 Å². The van der Waals surface area contributed by atoms with Gasteiger partial charge in [0.2, 0.25) is 0 Å². The van der Waals surface area contributed by atoms with Crippen LogP contribution in [0.25, 0.3) is 66.2 Å². The van der Waals surface area contributed by atoms with Crippen molar-refractivity contribution in [2.24, 2.45) is 9.98 Å². The van der Waals surface area contributed by atoms with Gasteiger partial charge in [-0.25, -0.2) is 9.97 Å². The minimum atomic E-state index is 0.765. The van der Waals surface area contributed by atoms with Gasteiger partial charge < -0.3 is 0 Å². The number of hydrogen-bond donors (Lipinski definition) is 0. The van der Waals surface area contributed by atoms with Gasteiger partial charge in [0.1, 0.15) is 0 Å². The summed E-state index contributed by atoms with van der Waals surface area (Å²) in [5.41, 5.74) is 9.52. The van der Waals surface area contributed by atoms with Crippen LogP contribution >= 0.6 is 0 Å². The van der Waals surface area contributed by atoms with Crippen LogP contribution in [0.1, 0.15) is 6.92 Å². The van der Waals surface area contributed by atoms with Crippen LogP contribution in [0.5, 0.6) is 0 Å². The molecule has 7 aromatic rings. The zero-order chi connectivity index (χ0) is 27.8. The number of aliphatic imine (C=N–C) groups is 2. The third-order valence-corrected chi connectivity index (χ3v) is 7.49. The molecule has 0 amide bonds. The van der Waals surface area contributed by atoms with E-state index in [4.69, 9.17) is 9.97 Å². The van der Waals surface area contributed by atoms with E-state index in [0.29, 0.717) is 0 Å². The Morgan fingerprint density at radius 3 is 2.02 bits per heavy atom. The number of rotatable bonds is 5. The summed E-state index contributed by atoms with van der Waals surface area (Å²) in [5.74, 6) is 0. The summed E-state index contributed by atoms with van der Waals surface area (Å²) in [7, 11) is 0. The number of pyridine rings is 2. The molecular weight excluding hydrogens is 500 g/mol. The summed E-state index contributed by atoms with van der Waals surface area (Å²) in [6.07, 6.45) is 1.77. The normalized spacial score (nSPS) is 11.5. The number of fused-ring (bicyclic) bond motifs is 4. The van der Waals surface area contributed by atoms with Gasteiger partial charge in [-0.2, -0.15) is 0 Å². The molecule has 194 valence electrons. The fourth-order valence-electron chi connectivity index (χ4n) is 5.46. The maximum Gasteiger partial charge on any atom is 0.0972 e. The number of benzene rings is 5. The van der Waals surface area contributed by atoms with E-state index in [1.54, 1.807) is 6.21 Å². The molecule has 2 heterocycles. The van der Waals surface area contributed by atoms with Crippen molar-refractivity contribution in [1.29, 1.82) is 0 Å². The van der Waals surface area contributed by atoms with Gasteiger partial charge in [-0.1, -0.05) is 91.0 Å². The molecule has 2 aromatic heterocycles. The van der Waals surface area contributed by atoms with E-state index in [2.05, 4.69) is 126 Å². The number of nitrogens with zero attached hydrogens (tertiary/aromatic N) is 4. The lowest BCUT2D eigenvalue weighted by Gasteiger charge is -2.11. The minimum absolute atomic E-state index is 0.765. The molecule has 0 aliphatic heterocycles. The predicted molar refractivity (Wildman–Crippen MR) is 174 cm³/mol. The Bertz CT molecular complexity index is 2140. The molecule has 0 atom stereocenters. The number of hydrogen-bond acceptors (Lipinski definition) is 4. The third kappa shape index (κ3) is 4.46. The monoisotopic (exact) mass is 526 g/mol. The summed E-state index contributed by atoms with van der Waals surface area (Å²) in [5, 5.41) is 4.53. The van der Waals surface area contributed by atoms with Crippen LogP contribution in [0, 0.1) is 0 Å². The summed E-state index contributed by atoms with van der Waals surface area (Å²) < 4.78 is 0. The van der Waals surface area contributed by atoms with Crippen molar-refractivity contribution in [2.45, 2.75) is 6.92 Å². The van der Waals surface area contributed by atoms with Gasteiger partial charge in [-0.15, -0.1) is 0 Å². The Labute approximate surface area is 238 Å². The number of aromatic nitrogens is 2. The maximum absolute atomic E-state index is 5.18. The van der Waals surface area contributed by atoms with Gasteiger partial charge >= 0.3 is 0 Å². The van der Waals surface area contributed by atoms with E-state index in [0.717, 1.165) is 66.8 Å². The van der Waals surface area contributed by atoms with Crippen LogP contribution in [-0.2, 0) is 0 Å². The quantitative estimate of drug-likeness (QED) is 0.165. The molecular formula is C37H26N4. The maximum atomic E-state index is 5.18. The molecule has 0 radical (unpaired) electrons. The van der Waals surface area contributed by atoms with Crippen LogP contribution in [0.2, 0.25) is 0 Å². The molecule has 0 N–H and O–H groups in total. The first-order valence-electron chi connectivity index (χ1n) is 13.6. The van der Waals surface area contributed by atoms with Gasteiger partial charge in [-0.05, 0) is 65.9 Å². The molecule has 0 fully saturated rings. The highest BCUT2D eigenvalue weighted by molar-refractivity contribution is 6.05.